The van der Waals surface area contributed by atoms with Crippen LogP contribution >= 0.6 is 11.6 Å². The number of aromatic nitrogens is 1. The highest BCUT2D eigenvalue weighted by molar-refractivity contribution is 6.31. The van der Waals surface area contributed by atoms with Crippen molar-refractivity contribution >= 4 is 28.2 Å². The third kappa shape index (κ3) is 2.76. The Kier molecular flexibility index (Phi) is 3.62. The average Bonchev–Trinajstić information content (AvgIpc) is 2.48. The standard InChI is InChI=1S/C16H12ClFN2O/c17-12-7-10-4-2-6-19-15(10)14(8-12)20-9-11-3-1-5-13(18)16(11)21/h1-8,20-21H,9H2. The van der Waals surface area contributed by atoms with Crippen LogP contribution in [-0.4, -0.2) is 10.1 Å². The number of hydrogen-bond donors (Lipinski definition) is 2. The van der Waals surface area contributed by atoms with E-state index in [4.69, 9.17) is 11.6 Å². The highest BCUT2D eigenvalue weighted by atomic mass is 35.5. The van der Waals surface area contributed by atoms with Crippen molar-refractivity contribution in [2.75, 3.05) is 5.32 Å². The Morgan fingerprint density at radius 2 is 2.05 bits per heavy atom. The lowest BCUT2D eigenvalue weighted by Gasteiger charge is -2.11. The van der Waals surface area contributed by atoms with Crippen molar-refractivity contribution in [3.63, 3.8) is 0 Å². The predicted molar refractivity (Wildman–Crippen MR) is 82.1 cm³/mol. The number of hydrogen-bond acceptors (Lipinski definition) is 3. The number of pyridine rings is 1. The van der Waals surface area contributed by atoms with E-state index in [0.29, 0.717) is 10.6 Å². The monoisotopic (exact) mass is 302 g/mol. The van der Waals surface area contributed by atoms with Crippen LogP contribution in [0.25, 0.3) is 10.9 Å². The van der Waals surface area contributed by atoms with E-state index in [-0.39, 0.29) is 12.3 Å². The van der Waals surface area contributed by atoms with Gasteiger partial charge in [0.1, 0.15) is 0 Å². The summed E-state index contributed by atoms with van der Waals surface area (Å²) in [6.45, 7) is 0.273. The number of aromatic hydroxyl groups is 1. The minimum Gasteiger partial charge on any atom is -0.505 e. The molecule has 0 fully saturated rings. The predicted octanol–water partition coefficient (Wildman–Crippen LogP) is 4.35. The van der Waals surface area contributed by atoms with Crippen molar-refractivity contribution in [3.05, 3.63) is 65.1 Å². The van der Waals surface area contributed by atoms with E-state index in [9.17, 15) is 9.50 Å². The number of anilines is 1. The van der Waals surface area contributed by atoms with Gasteiger partial charge in [0, 0.05) is 28.7 Å². The van der Waals surface area contributed by atoms with Crippen LogP contribution in [0.1, 0.15) is 5.56 Å². The molecule has 0 saturated heterocycles. The van der Waals surface area contributed by atoms with Crippen LogP contribution in [0.15, 0.2) is 48.7 Å². The second-order valence-electron chi connectivity index (χ2n) is 4.63. The first-order chi connectivity index (χ1) is 10.1. The van der Waals surface area contributed by atoms with Gasteiger partial charge in [0.2, 0.25) is 0 Å². The molecule has 3 nitrogen and oxygen atoms in total. The van der Waals surface area contributed by atoms with E-state index < -0.39 is 5.82 Å². The molecule has 106 valence electrons. The van der Waals surface area contributed by atoms with E-state index in [0.717, 1.165) is 16.6 Å². The molecule has 21 heavy (non-hydrogen) atoms. The third-order valence-corrected chi connectivity index (χ3v) is 3.43. The minimum absolute atomic E-state index is 0.273. The first-order valence-electron chi connectivity index (χ1n) is 6.39. The summed E-state index contributed by atoms with van der Waals surface area (Å²) in [5.74, 6) is -0.979. The summed E-state index contributed by atoms with van der Waals surface area (Å²) in [5, 5.41) is 14.3. The summed E-state index contributed by atoms with van der Waals surface area (Å²) in [6.07, 6.45) is 1.70. The Morgan fingerprint density at radius 1 is 1.19 bits per heavy atom. The molecule has 0 spiro atoms. The molecule has 2 N–H and O–H groups in total. The number of phenols is 1. The van der Waals surface area contributed by atoms with Crippen LogP contribution in [0.4, 0.5) is 10.1 Å². The second-order valence-corrected chi connectivity index (χ2v) is 5.07. The largest absolute Gasteiger partial charge is 0.505 e. The van der Waals surface area contributed by atoms with Gasteiger partial charge in [-0.15, -0.1) is 0 Å². The summed E-state index contributed by atoms with van der Waals surface area (Å²) in [5.41, 5.74) is 1.98. The first kappa shape index (κ1) is 13.6. The van der Waals surface area contributed by atoms with Crippen molar-refractivity contribution in [1.82, 2.24) is 4.98 Å². The van der Waals surface area contributed by atoms with Gasteiger partial charge in [0.25, 0.3) is 0 Å². The van der Waals surface area contributed by atoms with Gasteiger partial charge in [-0.05, 0) is 24.3 Å². The number of fused-ring (bicyclic) bond motifs is 1. The molecule has 2 aromatic carbocycles. The third-order valence-electron chi connectivity index (χ3n) is 3.21. The van der Waals surface area contributed by atoms with E-state index in [1.165, 1.54) is 6.07 Å². The van der Waals surface area contributed by atoms with Crippen LogP contribution in [0.2, 0.25) is 5.02 Å². The normalized spacial score (nSPS) is 10.8. The Hall–Kier alpha value is -2.33. The van der Waals surface area contributed by atoms with Gasteiger partial charge in [0.05, 0.1) is 11.2 Å². The zero-order valence-electron chi connectivity index (χ0n) is 11.0. The summed E-state index contributed by atoms with van der Waals surface area (Å²) in [6, 6.07) is 11.8. The van der Waals surface area contributed by atoms with Gasteiger partial charge in [-0.25, -0.2) is 4.39 Å². The lowest BCUT2D eigenvalue weighted by Crippen LogP contribution is -2.01. The first-order valence-corrected chi connectivity index (χ1v) is 6.77. The molecule has 0 aliphatic rings. The van der Waals surface area contributed by atoms with Gasteiger partial charge in [-0.2, -0.15) is 0 Å². The minimum atomic E-state index is -0.636. The van der Waals surface area contributed by atoms with Crippen molar-refractivity contribution in [2.24, 2.45) is 0 Å². The summed E-state index contributed by atoms with van der Waals surface area (Å²) in [7, 11) is 0. The molecule has 1 heterocycles. The van der Waals surface area contributed by atoms with Crippen molar-refractivity contribution in [1.29, 1.82) is 0 Å². The second kappa shape index (κ2) is 5.58. The number of phenolic OH excluding ortho intramolecular Hbond substituents is 1. The van der Waals surface area contributed by atoms with E-state index in [1.807, 2.05) is 18.2 Å². The van der Waals surface area contributed by atoms with Gasteiger partial charge >= 0.3 is 0 Å². The van der Waals surface area contributed by atoms with E-state index in [2.05, 4.69) is 10.3 Å². The molecule has 5 heteroatoms. The molecule has 0 aliphatic heterocycles. The fourth-order valence-corrected chi connectivity index (χ4v) is 2.41. The molecular weight excluding hydrogens is 291 g/mol. The highest BCUT2D eigenvalue weighted by Crippen LogP contribution is 2.28. The molecule has 0 aliphatic carbocycles. The number of benzene rings is 2. The molecule has 1 aromatic heterocycles. The lowest BCUT2D eigenvalue weighted by molar-refractivity contribution is 0.427. The number of rotatable bonds is 3. The molecule has 0 amide bonds. The maximum Gasteiger partial charge on any atom is 0.165 e. The maximum absolute atomic E-state index is 13.3. The fourth-order valence-electron chi connectivity index (χ4n) is 2.18. The molecule has 3 rings (SSSR count). The van der Waals surface area contributed by atoms with Gasteiger partial charge < -0.3 is 10.4 Å². The summed E-state index contributed by atoms with van der Waals surface area (Å²) in [4.78, 5) is 4.32. The zero-order valence-corrected chi connectivity index (χ0v) is 11.7. The fraction of sp³-hybridized carbons (Fsp3) is 0.0625. The van der Waals surface area contributed by atoms with Gasteiger partial charge in [-0.3, -0.25) is 4.98 Å². The Labute approximate surface area is 126 Å². The SMILES string of the molecule is Oc1c(F)cccc1CNc1cc(Cl)cc2cccnc12. The van der Waals surface area contributed by atoms with Crippen LogP contribution in [0, 0.1) is 5.82 Å². The van der Waals surface area contributed by atoms with Crippen molar-refractivity contribution < 1.29 is 9.50 Å². The van der Waals surface area contributed by atoms with Crippen molar-refractivity contribution in [2.45, 2.75) is 6.54 Å². The Morgan fingerprint density at radius 3 is 2.90 bits per heavy atom. The van der Waals surface area contributed by atoms with E-state index >= 15 is 0 Å². The number of nitrogens with zero attached hydrogens (tertiary/aromatic N) is 1. The molecule has 0 radical (unpaired) electrons. The molecule has 0 atom stereocenters. The van der Waals surface area contributed by atoms with Gasteiger partial charge in [-0.1, -0.05) is 29.8 Å². The zero-order chi connectivity index (χ0) is 14.8. The summed E-state index contributed by atoms with van der Waals surface area (Å²) < 4.78 is 13.3. The van der Waals surface area contributed by atoms with E-state index in [1.54, 1.807) is 24.4 Å². The molecule has 3 aromatic rings. The number of halogens is 2. The van der Waals surface area contributed by atoms with Crippen LogP contribution in [0.5, 0.6) is 5.75 Å². The smallest absolute Gasteiger partial charge is 0.165 e. The van der Waals surface area contributed by atoms with Crippen LogP contribution in [0.3, 0.4) is 0 Å². The molecule has 0 saturated carbocycles. The molecule has 0 bridgehead atoms. The topological polar surface area (TPSA) is 45.1 Å². The lowest BCUT2D eigenvalue weighted by atomic mass is 10.1. The average molecular weight is 303 g/mol. The number of para-hydroxylation sites is 1. The quantitative estimate of drug-likeness (QED) is 0.756. The number of nitrogens with one attached hydrogen (secondary N) is 1. The van der Waals surface area contributed by atoms with Crippen molar-refractivity contribution in [3.8, 4) is 5.75 Å². The Balaban J connectivity index is 1.93. The Bertz CT molecular complexity index is 807. The highest BCUT2D eigenvalue weighted by Gasteiger charge is 2.08. The summed E-state index contributed by atoms with van der Waals surface area (Å²) >= 11 is 6.08. The van der Waals surface area contributed by atoms with Gasteiger partial charge in [0.15, 0.2) is 11.6 Å². The maximum atomic E-state index is 13.3. The molecule has 0 unspecified atom stereocenters. The molecular formula is C16H12ClFN2O. The van der Waals surface area contributed by atoms with Crippen LogP contribution in [-0.2, 0) is 6.54 Å². The van der Waals surface area contributed by atoms with Crippen LogP contribution < -0.4 is 5.32 Å².